The lowest BCUT2D eigenvalue weighted by Crippen LogP contribution is -2.30. The Kier molecular flexibility index (Phi) is 46.6. The zero-order valence-electron chi connectivity index (χ0n) is 31.9. The number of hydrogen-bond donors (Lipinski definition) is 6. The number of carboxylic acid groups (broad SMARTS) is 2. The molecule has 0 spiro atoms. The van der Waals surface area contributed by atoms with E-state index in [2.05, 4.69) is 43.5 Å². The highest BCUT2D eigenvalue weighted by molar-refractivity contribution is 5.66. The summed E-state index contributed by atoms with van der Waals surface area (Å²) in [6.07, 6.45) is 34.7. The predicted octanol–water partition coefficient (Wildman–Crippen LogP) is 9.93. The van der Waals surface area contributed by atoms with E-state index in [1.807, 2.05) is 0 Å². The van der Waals surface area contributed by atoms with E-state index in [0.29, 0.717) is 12.8 Å². The maximum Gasteiger partial charge on any atom is 0.303 e. The molecular weight excluding hydrogens is 620 g/mol. The minimum Gasteiger partial charge on any atom is -0.481 e. The molecule has 0 amide bonds. The van der Waals surface area contributed by atoms with E-state index in [-0.39, 0.29) is 18.4 Å². The van der Waals surface area contributed by atoms with Crippen LogP contribution in [0.4, 0.5) is 0 Å². The van der Waals surface area contributed by atoms with Crippen molar-refractivity contribution in [3.8, 4) is 0 Å². The van der Waals surface area contributed by atoms with Crippen LogP contribution in [0.2, 0.25) is 0 Å². The second-order valence-electron chi connectivity index (χ2n) is 13.2. The van der Waals surface area contributed by atoms with Gasteiger partial charge in [0.15, 0.2) is 0 Å². The molecule has 292 valence electrons. The minimum atomic E-state index is -0.689. The van der Waals surface area contributed by atoms with Crippen molar-refractivity contribution in [2.45, 2.75) is 193 Å². The third-order valence-corrected chi connectivity index (χ3v) is 8.30. The van der Waals surface area contributed by atoms with Crippen LogP contribution >= 0.6 is 0 Å². The van der Waals surface area contributed by atoms with Gasteiger partial charge in [0.25, 0.3) is 0 Å². The van der Waals surface area contributed by atoms with E-state index in [0.717, 1.165) is 129 Å². The summed E-state index contributed by atoms with van der Waals surface area (Å²) in [6.45, 7) is 8.23. The van der Waals surface area contributed by atoms with Crippen molar-refractivity contribution < 1.29 is 34.8 Å². The first-order valence-corrected chi connectivity index (χ1v) is 19.7. The largest absolute Gasteiger partial charge is 0.481 e. The number of nitrogens with one attached hydrogen (secondary N) is 1. The number of aliphatic hydroxyl groups excluding tert-OH is 2. The summed E-state index contributed by atoms with van der Waals surface area (Å²) >= 11 is 0. The van der Waals surface area contributed by atoms with E-state index in [9.17, 15) is 19.8 Å². The van der Waals surface area contributed by atoms with Gasteiger partial charge >= 0.3 is 11.9 Å². The summed E-state index contributed by atoms with van der Waals surface area (Å²) in [5.41, 5.74) is 0. The van der Waals surface area contributed by atoms with Crippen molar-refractivity contribution in [2.75, 3.05) is 26.3 Å². The number of aliphatic carboxylic acids is 2. The van der Waals surface area contributed by atoms with Crippen molar-refractivity contribution >= 4 is 11.9 Å². The molecule has 8 N–H and O–H groups in total. The molecule has 0 aromatic rings. The highest BCUT2D eigenvalue weighted by atomic mass is 16.5. The van der Waals surface area contributed by atoms with Gasteiger partial charge in [0, 0.05) is 25.9 Å². The molecule has 1 aliphatic heterocycles. The standard InChI is InChI=1S/2C18H34O3.C4H9NO.H3N/c2*1-2-3-4-11-14-17(19)15-12-9-7-5-6-8-10-13-16-18(20)21;1-3-6-4-2-5-1;/h2*9,12,17,19H,2-8,10-11,13-16H2,1H3,(H,20,21);5H,1-4H2;1H3/b2*12-9-;;. The molecule has 9 nitrogen and oxygen atoms in total. The number of ether oxygens (including phenoxy) is 1. The van der Waals surface area contributed by atoms with Crippen LogP contribution in [-0.2, 0) is 14.3 Å². The number of rotatable bonds is 30. The van der Waals surface area contributed by atoms with Crippen LogP contribution < -0.4 is 11.5 Å². The van der Waals surface area contributed by atoms with Gasteiger partial charge in [-0.15, -0.1) is 0 Å². The zero-order chi connectivity index (χ0) is 35.8. The molecule has 1 aliphatic rings. The van der Waals surface area contributed by atoms with Crippen LogP contribution in [0.3, 0.4) is 0 Å². The average molecular weight is 701 g/mol. The second kappa shape index (κ2) is 44.2. The topological polar surface area (TPSA) is 171 Å². The SMILES string of the molecule is C1COCCN1.CCCCCCC(O)C/C=C\CCCCCCCC(=O)O.CCCCCCC(O)C/C=C\CCCCCCCC(=O)O.N. The number of carboxylic acids is 2. The molecule has 1 rings (SSSR count). The molecule has 9 heteroatoms. The van der Waals surface area contributed by atoms with E-state index in [1.165, 1.54) is 51.4 Å². The summed E-state index contributed by atoms with van der Waals surface area (Å²) in [6, 6.07) is 0. The zero-order valence-corrected chi connectivity index (χ0v) is 31.9. The molecule has 2 atom stereocenters. The lowest BCUT2D eigenvalue weighted by Gasteiger charge is -2.10. The second-order valence-corrected chi connectivity index (χ2v) is 13.2. The summed E-state index contributed by atoms with van der Waals surface area (Å²) in [5, 5.41) is 39.8. The molecule has 1 saturated heterocycles. The highest BCUT2D eigenvalue weighted by Crippen LogP contribution is 2.12. The fraction of sp³-hybridized carbons (Fsp3) is 0.850. The maximum absolute atomic E-state index is 10.3. The maximum atomic E-state index is 10.3. The number of aliphatic hydroxyl groups is 2. The third kappa shape index (κ3) is 50.7. The first kappa shape index (κ1) is 51.6. The van der Waals surface area contributed by atoms with Gasteiger partial charge in [-0.1, -0.05) is 128 Å². The van der Waals surface area contributed by atoms with Crippen molar-refractivity contribution in [2.24, 2.45) is 0 Å². The Morgan fingerprint density at radius 1 is 0.571 bits per heavy atom. The normalized spacial score (nSPS) is 14.0. The number of morpholine rings is 1. The Hall–Kier alpha value is -1.78. The van der Waals surface area contributed by atoms with Crippen LogP contribution in [0.25, 0.3) is 0 Å². The Balaban J connectivity index is -0.000000721. The van der Waals surface area contributed by atoms with Gasteiger partial charge in [0.2, 0.25) is 0 Å². The van der Waals surface area contributed by atoms with Gasteiger partial charge in [-0.05, 0) is 64.2 Å². The monoisotopic (exact) mass is 701 g/mol. The lowest BCUT2D eigenvalue weighted by atomic mass is 10.1. The van der Waals surface area contributed by atoms with Crippen LogP contribution in [0.1, 0.15) is 181 Å². The third-order valence-electron chi connectivity index (χ3n) is 8.30. The van der Waals surface area contributed by atoms with Crippen molar-refractivity contribution in [1.82, 2.24) is 11.5 Å². The molecule has 49 heavy (non-hydrogen) atoms. The van der Waals surface area contributed by atoms with Crippen LogP contribution in [0.5, 0.6) is 0 Å². The fourth-order valence-electron chi connectivity index (χ4n) is 5.24. The van der Waals surface area contributed by atoms with Gasteiger partial charge in [-0.25, -0.2) is 0 Å². The molecule has 1 heterocycles. The van der Waals surface area contributed by atoms with E-state index in [1.54, 1.807) is 0 Å². The van der Waals surface area contributed by atoms with Gasteiger partial charge in [-0.2, -0.15) is 0 Å². The number of carbonyl (C=O) groups is 2. The summed E-state index contributed by atoms with van der Waals surface area (Å²) < 4.78 is 5.01. The smallest absolute Gasteiger partial charge is 0.303 e. The van der Waals surface area contributed by atoms with Crippen molar-refractivity contribution in [3.05, 3.63) is 24.3 Å². The first-order chi connectivity index (χ1) is 23.3. The molecule has 0 bridgehead atoms. The number of unbranched alkanes of at least 4 members (excludes halogenated alkanes) is 16. The van der Waals surface area contributed by atoms with Gasteiger partial charge in [0.05, 0.1) is 25.4 Å². The molecule has 0 aliphatic carbocycles. The lowest BCUT2D eigenvalue weighted by molar-refractivity contribution is -0.138. The minimum absolute atomic E-state index is 0. The average Bonchev–Trinajstić information content (AvgIpc) is 3.08. The quantitative estimate of drug-likeness (QED) is 0.0315. The molecule has 0 aromatic heterocycles. The van der Waals surface area contributed by atoms with Crippen LogP contribution in [0, 0.1) is 0 Å². The Bertz CT molecular complexity index is 664. The van der Waals surface area contributed by atoms with Gasteiger partial charge < -0.3 is 36.6 Å². The molecular formula is C40H80N2O7. The summed E-state index contributed by atoms with van der Waals surface area (Å²) in [7, 11) is 0. The van der Waals surface area contributed by atoms with Gasteiger partial charge in [0.1, 0.15) is 0 Å². The van der Waals surface area contributed by atoms with E-state index >= 15 is 0 Å². The summed E-state index contributed by atoms with van der Waals surface area (Å²) in [4.78, 5) is 20.7. The van der Waals surface area contributed by atoms with E-state index < -0.39 is 11.9 Å². The highest BCUT2D eigenvalue weighted by Gasteiger charge is 2.02. The molecule has 0 radical (unpaired) electrons. The molecule has 1 fully saturated rings. The Morgan fingerprint density at radius 2 is 0.939 bits per heavy atom. The fourth-order valence-corrected chi connectivity index (χ4v) is 5.24. The predicted molar refractivity (Wildman–Crippen MR) is 206 cm³/mol. The van der Waals surface area contributed by atoms with Gasteiger partial charge in [-0.3, -0.25) is 9.59 Å². The molecule has 0 aromatic carbocycles. The van der Waals surface area contributed by atoms with E-state index in [4.69, 9.17) is 14.9 Å². The van der Waals surface area contributed by atoms with Crippen LogP contribution in [0.15, 0.2) is 24.3 Å². The Labute approximate surface area is 301 Å². The Morgan fingerprint density at radius 3 is 1.27 bits per heavy atom. The molecule has 2 unspecified atom stereocenters. The number of allylic oxidation sites excluding steroid dienone is 2. The molecule has 0 saturated carbocycles. The first-order valence-electron chi connectivity index (χ1n) is 19.7. The van der Waals surface area contributed by atoms with Crippen LogP contribution in [-0.4, -0.2) is 70.9 Å². The van der Waals surface area contributed by atoms with Crippen molar-refractivity contribution in [3.63, 3.8) is 0 Å². The summed E-state index contributed by atoms with van der Waals surface area (Å²) in [5.74, 6) is -1.38. The van der Waals surface area contributed by atoms with Crippen molar-refractivity contribution in [1.29, 1.82) is 0 Å². The number of hydrogen-bond acceptors (Lipinski definition) is 7.